The lowest BCUT2D eigenvalue weighted by Gasteiger charge is -2.13. The number of nitrogens with two attached hydrogens (primary N) is 1. The first kappa shape index (κ1) is 14.5. The van der Waals surface area contributed by atoms with Crippen molar-refractivity contribution in [3.8, 4) is 17.6 Å². The molecule has 1 aromatic carbocycles. The zero-order chi connectivity index (χ0) is 16.6. The first-order valence-electron chi connectivity index (χ1n) is 6.42. The molecular weight excluding hydrogens is 304 g/mol. The van der Waals surface area contributed by atoms with Gasteiger partial charge in [-0.1, -0.05) is 0 Å². The largest absolute Gasteiger partial charge is 0.494 e. The molecule has 3 aromatic rings. The van der Waals surface area contributed by atoms with Crippen LogP contribution in [0.2, 0.25) is 0 Å². The predicted octanol–water partition coefficient (Wildman–Crippen LogP) is 1.95. The third-order valence-corrected chi connectivity index (χ3v) is 3.04. The molecule has 0 unspecified atom stereocenters. The van der Waals surface area contributed by atoms with Crippen LogP contribution in [-0.2, 0) is 0 Å². The highest BCUT2D eigenvalue weighted by molar-refractivity contribution is 5.89. The van der Waals surface area contributed by atoms with Crippen LogP contribution in [0.5, 0.6) is 17.6 Å². The lowest BCUT2D eigenvalue weighted by Crippen LogP contribution is -2.30. The number of pyridine rings is 1. The van der Waals surface area contributed by atoms with Crippen LogP contribution < -0.4 is 15.5 Å². The molecule has 0 saturated carbocycles. The van der Waals surface area contributed by atoms with Crippen LogP contribution >= 0.6 is 0 Å². The summed E-state index contributed by atoms with van der Waals surface area (Å²) >= 11 is 0. The number of ether oxygens (including phenoxy) is 1. The second kappa shape index (κ2) is 5.39. The van der Waals surface area contributed by atoms with Crippen LogP contribution in [0.3, 0.4) is 0 Å². The molecule has 2 heterocycles. The molecule has 0 saturated heterocycles. The molecule has 1 amide bonds. The van der Waals surface area contributed by atoms with Crippen LogP contribution in [0.15, 0.2) is 36.4 Å². The first-order valence-corrected chi connectivity index (χ1v) is 6.42. The zero-order valence-corrected chi connectivity index (χ0v) is 11.6. The average molecular weight is 316 g/mol. The fourth-order valence-corrected chi connectivity index (χ4v) is 1.99. The number of nitrogen functional groups attached to an aromatic ring is 1. The lowest BCUT2D eigenvalue weighted by molar-refractivity contribution is 0.164. The summed E-state index contributed by atoms with van der Waals surface area (Å²) in [5.41, 5.74) is 6.43. The summed E-state index contributed by atoms with van der Waals surface area (Å²) in [6.07, 6.45) is -1.21. The number of benzene rings is 1. The van der Waals surface area contributed by atoms with Gasteiger partial charge in [0.1, 0.15) is 5.69 Å². The van der Waals surface area contributed by atoms with Gasteiger partial charge >= 0.3 is 6.09 Å². The van der Waals surface area contributed by atoms with Crippen molar-refractivity contribution in [1.29, 1.82) is 0 Å². The van der Waals surface area contributed by atoms with E-state index in [4.69, 9.17) is 15.6 Å². The Morgan fingerprint density at radius 2 is 2.00 bits per heavy atom. The van der Waals surface area contributed by atoms with Gasteiger partial charge in [-0.15, -0.1) is 5.06 Å². The molecular formula is C14H12N4O5. The van der Waals surface area contributed by atoms with E-state index >= 15 is 0 Å². The third kappa shape index (κ3) is 2.80. The molecule has 0 aliphatic rings. The Morgan fingerprint density at radius 3 is 2.70 bits per heavy atom. The van der Waals surface area contributed by atoms with Gasteiger partial charge in [0.15, 0.2) is 5.88 Å². The predicted molar refractivity (Wildman–Crippen MR) is 80.6 cm³/mol. The smallest absolute Gasteiger partial charge is 0.445 e. The van der Waals surface area contributed by atoms with E-state index in [0.717, 1.165) is 11.5 Å². The number of nitrogens with zero attached hydrogens (tertiary/aromatic N) is 2. The number of H-pyrrole nitrogens is 1. The van der Waals surface area contributed by atoms with Crippen LogP contribution in [0.25, 0.3) is 10.9 Å². The number of carbonyl (C=O) groups is 1. The molecule has 9 nitrogen and oxygen atoms in total. The lowest BCUT2D eigenvalue weighted by atomic mass is 10.2. The summed E-state index contributed by atoms with van der Waals surface area (Å²) < 4.78 is 4.92. The number of amides is 1. The van der Waals surface area contributed by atoms with Crippen molar-refractivity contribution in [3.63, 3.8) is 0 Å². The van der Waals surface area contributed by atoms with Crippen molar-refractivity contribution in [1.82, 2.24) is 9.97 Å². The molecule has 0 aliphatic heterocycles. The number of aromatic amines is 1. The van der Waals surface area contributed by atoms with E-state index in [2.05, 4.69) is 9.97 Å². The Kier molecular flexibility index (Phi) is 3.39. The highest BCUT2D eigenvalue weighted by Crippen LogP contribution is 2.30. The van der Waals surface area contributed by atoms with E-state index in [1.165, 1.54) is 6.07 Å². The second-order valence-corrected chi connectivity index (χ2v) is 4.67. The molecule has 2 aromatic heterocycles. The second-order valence-electron chi connectivity index (χ2n) is 4.67. The summed E-state index contributed by atoms with van der Waals surface area (Å²) in [6, 6.07) is 9.07. The van der Waals surface area contributed by atoms with Gasteiger partial charge in [-0.3, -0.25) is 10.2 Å². The highest BCUT2D eigenvalue weighted by Gasteiger charge is 2.22. The number of fused-ring (bicyclic) bond motifs is 1. The quantitative estimate of drug-likeness (QED) is 0.276. The van der Waals surface area contributed by atoms with Crippen LogP contribution in [0.1, 0.15) is 0 Å². The molecule has 0 spiro atoms. The van der Waals surface area contributed by atoms with Crippen LogP contribution in [0.4, 0.5) is 16.2 Å². The molecule has 0 radical (unpaired) electrons. The van der Waals surface area contributed by atoms with Crippen LogP contribution in [0, 0.1) is 0 Å². The van der Waals surface area contributed by atoms with E-state index in [1.807, 2.05) is 0 Å². The van der Waals surface area contributed by atoms with E-state index in [1.54, 1.807) is 24.3 Å². The van der Waals surface area contributed by atoms with Gasteiger partial charge < -0.3 is 20.7 Å². The SMILES string of the molecule is Nc1ccc2nc(OC(=O)N(O)c3cc(O)[nH]c3O)ccc2c1. The summed E-state index contributed by atoms with van der Waals surface area (Å²) in [5.74, 6) is -1.07. The Morgan fingerprint density at radius 1 is 1.22 bits per heavy atom. The van der Waals surface area contributed by atoms with Crippen molar-refractivity contribution in [2.24, 2.45) is 0 Å². The van der Waals surface area contributed by atoms with Gasteiger partial charge in [-0.05, 0) is 24.3 Å². The fourth-order valence-electron chi connectivity index (χ4n) is 1.99. The molecule has 0 atom stereocenters. The summed E-state index contributed by atoms with van der Waals surface area (Å²) in [7, 11) is 0. The Hall–Kier alpha value is -3.46. The molecule has 0 bridgehead atoms. The molecule has 9 heteroatoms. The van der Waals surface area contributed by atoms with Gasteiger partial charge in [0, 0.05) is 23.2 Å². The summed E-state index contributed by atoms with van der Waals surface area (Å²) in [6.45, 7) is 0. The van der Waals surface area contributed by atoms with Gasteiger partial charge in [0.05, 0.1) is 5.52 Å². The number of hydrogen-bond donors (Lipinski definition) is 5. The van der Waals surface area contributed by atoms with Crippen LogP contribution in [-0.4, -0.2) is 31.5 Å². The summed E-state index contributed by atoms with van der Waals surface area (Å²) in [4.78, 5) is 18.1. The average Bonchev–Trinajstić information content (AvgIpc) is 2.85. The number of aromatic hydroxyl groups is 2. The highest BCUT2D eigenvalue weighted by atomic mass is 16.6. The van der Waals surface area contributed by atoms with Crippen molar-refractivity contribution >= 4 is 28.4 Å². The van der Waals surface area contributed by atoms with Gasteiger partial charge in [0.2, 0.25) is 11.8 Å². The molecule has 0 aliphatic carbocycles. The van der Waals surface area contributed by atoms with Gasteiger partial charge in [-0.25, -0.2) is 9.78 Å². The van der Waals surface area contributed by atoms with E-state index in [0.29, 0.717) is 11.2 Å². The third-order valence-electron chi connectivity index (χ3n) is 3.04. The fraction of sp³-hybridized carbons (Fsp3) is 0. The Bertz CT molecular complexity index is 892. The minimum absolute atomic E-state index is 0.0421. The minimum atomic E-state index is -1.21. The Balaban J connectivity index is 1.82. The standard InChI is InChI=1S/C14H12N4O5/c15-8-2-3-9-7(5-8)1-4-12(16-9)23-14(21)18(22)10-6-11(19)17-13(10)20/h1-6,17,19-20,22H,15H2. The molecule has 118 valence electrons. The minimum Gasteiger partial charge on any atom is -0.494 e. The molecule has 6 N–H and O–H groups in total. The van der Waals surface area contributed by atoms with Crippen molar-refractivity contribution in [2.45, 2.75) is 0 Å². The maximum absolute atomic E-state index is 11.9. The molecule has 23 heavy (non-hydrogen) atoms. The van der Waals surface area contributed by atoms with Gasteiger partial charge in [0.25, 0.3) is 0 Å². The number of hydroxylamine groups is 1. The number of nitrogens with one attached hydrogen (secondary N) is 1. The van der Waals surface area contributed by atoms with Crippen molar-refractivity contribution < 1.29 is 25.0 Å². The maximum Gasteiger partial charge on any atom is 0.445 e. The molecule has 3 rings (SSSR count). The van der Waals surface area contributed by atoms with Gasteiger partial charge in [-0.2, -0.15) is 0 Å². The Labute approximate surface area is 129 Å². The number of carbonyl (C=O) groups excluding carboxylic acids is 1. The normalized spacial score (nSPS) is 10.7. The molecule has 0 fully saturated rings. The van der Waals surface area contributed by atoms with E-state index < -0.39 is 17.9 Å². The van der Waals surface area contributed by atoms with Crippen molar-refractivity contribution in [2.75, 3.05) is 10.8 Å². The topological polar surface area (TPSA) is 145 Å². The van der Waals surface area contributed by atoms with Crippen molar-refractivity contribution in [3.05, 3.63) is 36.4 Å². The first-order chi connectivity index (χ1) is 10.9. The maximum atomic E-state index is 11.9. The zero-order valence-electron chi connectivity index (χ0n) is 11.6. The number of aromatic nitrogens is 2. The summed E-state index contributed by atoms with van der Waals surface area (Å²) in [5, 5.41) is 29.1. The monoisotopic (exact) mass is 316 g/mol. The number of anilines is 2. The van der Waals surface area contributed by atoms with E-state index in [-0.39, 0.29) is 16.6 Å². The number of rotatable bonds is 2. The van der Waals surface area contributed by atoms with E-state index in [9.17, 15) is 15.1 Å². The number of hydrogen-bond acceptors (Lipinski definition) is 7.